The average Bonchev–Trinajstić information content (AvgIpc) is 1.77. The Bertz CT molecular complexity index is 165. The second kappa shape index (κ2) is 4.08. The SMILES string of the molecule is [CH2-]c1ccccc1Br.[Zn]. The van der Waals surface area contributed by atoms with E-state index in [1.807, 2.05) is 24.3 Å². The first kappa shape index (κ1) is 9.19. The van der Waals surface area contributed by atoms with Gasteiger partial charge in [0.1, 0.15) is 0 Å². The number of hydrogen-bond acceptors (Lipinski definition) is 0. The van der Waals surface area contributed by atoms with Gasteiger partial charge in [-0.05, 0) is 0 Å². The van der Waals surface area contributed by atoms with Crippen molar-refractivity contribution in [3.8, 4) is 0 Å². The zero-order valence-corrected chi connectivity index (χ0v) is 9.65. The molecule has 0 aromatic heterocycles. The second-order valence-corrected chi connectivity index (χ2v) is 2.45. The summed E-state index contributed by atoms with van der Waals surface area (Å²) < 4.78 is 1.07. The van der Waals surface area contributed by atoms with Gasteiger partial charge in [-0.15, -0.1) is 28.1 Å². The Kier molecular flexibility index (Phi) is 4.17. The van der Waals surface area contributed by atoms with Gasteiger partial charge in [0.15, 0.2) is 0 Å². The van der Waals surface area contributed by atoms with Gasteiger partial charge in [0.05, 0.1) is 0 Å². The number of benzene rings is 1. The molecule has 2 heteroatoms. The molecule has 0 atom stereocenters. The molecule has 0 unspecified atom stereocenters. The summed E-state index contributed by atoms with van der Waals surface area (Å²) in [5, 5.41) is 0. The van der Waals surface area contributed by atoms with Crippen molar-refractivity contribution in [3.05, 3.63) is 41.2 Å². The van der Waals surface area contributed by atoms with Crippen LogP contribution in [0, 0.1) is 6.92 Å². The van der Waals surface area contributed by atoms with Gasteiger partial charge < -0.3 is 0 Å². The zero-order valence-electron chi connectivity index (χ0n) is 5.10. The summed E-state index contributed by atoms with van der Waals surface area (Å²) >= 11 is 3.33. The molecular formula is C7H6BrZn-. The minimum Gasteiger partial charge on any atom is -0.198 e. The van der Waals surface area contributed by atoms with Crippen LogP contribution in [0.1, 0.15) is 5.56 Å². The summed E-state index contributed by atoms with van der Waals surface area (Å²) in [6.45, 7) is 3.77. The molecule has 0 bridgehead atoms. The molecule has 0 aliphatic heterocycles. The first-order valence-electron chi connectivity index (χ1n) is 2.37. The summed E-state index contributed by atoms with van der Waals surface area (Å²) in [7, 11) is 0. The van der Waals surface area contributed by atoms with E-state index in [1.54, 1.807) is 0 Å². The summed E-state index contributed by atoms with van der Waals surface area (Å²) in [6, 6.07) is 7.87. The molecule has 0 aliphatic carbocycles. The molecule has 0 saturated carbocycles. The van der Waals surface area contributed by atoms with Gasteiger partial charge in [-0.2, -0.15) is 18.6 Å². The fourth-order valence-electron chi connectivity index (χ4n) is 0.498. The number of rotatable bonds is 0. The average molecular weight is 235 g/mol. The molecule has 1 aromatic carbocycles. The van der Waals surface area contributed by atoms with Crippen molar-refractivity contribution in [3.63, 3.8) is 0 Å². The fourth-order valence-corrected chi connectivity index (χ4v) is 0.783. The van der Waals surface area contributed by atoms with Gasteiger partial charge >= 0.3 is 0 Å². The minimum absolute atomic E-state index is 0. The Balaban J connectivity index is 0.000000640. The van der Waals surface area contributed by atoms with Crippen molar-refractivity contribution in [1.29, 1.82) is 0 Å². The first-order chi connectivity index (χ1) is 3.80. The van der Waals surface area contributed by atoms with Crippen LogP contribution in [0.5, 0.6) is 0 Å². The topological polar surface area (TPSA) is 0 Å². The molecule has 9 heavy (non-hydrogen) atoms. The third-order valence-electron chi connectivity index (χ3n) is 0.958. The van der Waals surface area contributed by atoms with Gasteiger partial charge in [-0.3, -0.25) is 0 Å². The number of hydrogen-bond donors (Lipinski definition) is 0. The molecule has 1 aromatic rings. The Morgan fingerprint density at radius 3 is 2.11 bits per heavy atom. The van der Waals surface area contributed by atoms with Crippen molar-refractivity contribution < 1.29 is 19.5 Å². The van der Waals surface area contributed by atoms with Crippen LogP contribution in [0.15, 0.2) is 28.7 Å². The van der Waals surface area contributed by atoms with Crippen LogP contribution in [0.3, 0.4) is 0 Å². The van der Waals surface area contributed by atoms with E-state index in [-0.39, 0.29) is 19.5 Å². The van der Waals surface area contributed by atoms with Crippen LogP contribution in [-0.2, 0) is 19.5 Å². The van der Waals surface area contributed by atoms with Crippen LogP contribution in [0.4, 0.5) is 0 Å². The van der Waals surface area contributed by atoms with Gasteiger partial charge in [0.25, 0.3) is 0 Å². The second-order valence-electron chi connectivity index (χ2n) is 1.59. The Morgan fingerprint density at radius 1 is 1.22 bits per heavy atom. The van der Waals surface area contributed by atoms with Crippen LogP contribution >= 0.6 is 15.9 Å². The minimum atomic E-state index is 0. The zero-order chi connectivity index (χ0) is 5.98. The summed E-state index contributed by atoms with van der Waals surface area (Å²) in [5.41, 5.74) is 1.03. The molecule has 0 saturated heterocycles. The summed E-state index contributed by atoms with van der Waals surface area (Å²) in [4.78, 5) is 0. The number of halogens is 1. The van der Waals surface area contributed by atoms with Crippen LogP contribution in [0.25, 0.3) is 0 Å². The van der Waals surface area contributed by atoms with Crippen molar-refractivity contribution in [1.82, 2.24) is 0 Å². The van der Waals surface area contributed by atoms with Gasteiger partial charge in [0.2, 0.25) is 0 Å². The first-order valence-corrected chi connectivity index (χ1v) is 3.16. The van der Waals surface area contributed by atoms with E-state index in [9.17, 15) is 0 Å². The van der Waals surface area contributed by atoms with Crippen molar-refractivity contribution in [2.45, 2.75) is 0 Å². The molecule has 0 N–H and O–H groups in total. The largest absolute Gasteiger partial charge is 0.198 e. The van der Waals surface area contributed by atoms with E-state index in [4.69, 9.17) is 0 Å². The smallest absolute Gasteiger partial charge is 0 e. The molecule has 0 nitrogen and oxygen atoms in total. The van der Waals surface area contributed by atoms with E-state index in [0.29, 0.717) is 0 Å². The Labute approximate surface area is 76.5 Å². The molecule has 0 heterocycles. The predicted molar refractivity (Wildman–Crippen MR) is 38.6 cm³/mol. The maximum Gasteiger partial charge on any atom is 0 e. The van der Waals surface area contributed by atoms with Crippen LogP contribution < -0.4 is 0 Å². The molecule has 0 aliphatic rings. The molecule has 1 rings (SSSR count). The van der Waals surface area contributed by atoms with E-state index in [1.165, 1.54) is 0 Å². The van der Waals surface area contributed by atoms with E-state index in [2.05, 4.69) is 22.9 Å². The summed E-state index contributed by atoms with van der Waals surface area (Å²) in [5.74, 6) is 0. The molecule has 0 amide bonds. The third-order valence-corrected chi connectivity index (χ3v) is 1.73. The van der Waals surface area contributed by atoms with Gasteiger partial charge in [-0.1, -0.05) is 10.5 Å². The van der Waals surface area contributed by atoms with E-state index < -0.39 is 0 Å². The maximum atomic E-state index is 3.77. The molecule has 0 radical (unpaired) electrons. The Morgan fingerprint density at radius 2 is 1.78 bits per heavy atom. The predicted octanol–water partition coefficient (Wildman–Crippen LogP) is 2.63. The third kappa shape index (κ3) is 2.51. The quantitative estimate of drug-likeness (QED) is 0.479. The molecular weight excluding hydrogens is 229 g/mol. The van der Waals surface area contributed by atoms with E-state index in [0.717, 1.165) is 10.0 Å². The standard InChI is InChI=1S/C7H6Br.Zn/c1-6-4-2-3-5-7(6)8;/h2-5H,1H2;/q-1;. The normalized spacial score (nSPS) is 8.11. The van der Waals surface area contributed by atoms with Crippen molar-refractivity contribution in [2.24, 2.45) is 0 Å². The van der Waals surface area contributed by atoms with Crippen LogP contribution in [-0.4, -0.2) is 0 Å². The molecule has 44 valence electrons. The van der Waals surface area contributed by atoms with E-state index >= 15 is 0 Å². The monoisotopic (exact) mass is 233 g/mol. The Hall–Kier alpha value is 0.193. The maximum absolute atomic E-state index is 3.77. The fraction of sp³-hybridized carbons (Fsp3) is 0. The van der Waals surface area contributed by atoms with Gasteiger partial charge in [-0.25, -0.2) is 0 Å². The summed E-state index contributed by atoms with van der Waals surface area (Å²) in [6.07, 6.45) is 0. The molecule has 0 spiro atoms. The van der Waals surface area contributed by atoms with Gasteiger partial charge in [0, 0.05) is 19.5 Å². The van der Waals surface area contributed by atoms with Crippen LogP contribution in [0.2, 0.25) is 0 Å². The van der Waals surface area contributed by atoms with Crippen molar-refractivity contribution in [2.75, 3.05) is 0 Å². The van der Waals surface area contributed by atoms with Crippen molar-refractivity contribution >= 4 is 15.9 Å². The molecule has 0 fully saturated rings.